The average molecular weight is 329 g/mol. The predicted molar refractivity (Wildman–Crippen MR) is 94.5 cm³/mol. The Morgan fingerprint density at radius 1 is 1.26 bits per heavy atom. The van der Waals surface area contributed by atoms with Crippen LogP contribution in [0.1, 0.15) is 31.2 Å². The summed E-state index contributed by atoms with van der Waals surface area (Å²) in [5.41, 5.74) is 2.87. The summed E-state index contributed by atoms with van der Waals surface area (Å²) in [6.07, 6.45) is 4.03. The Balaban J connectivity index is 1.57. The van der Waals surface area contributed by atoms with Crippen molar-refractivity contribution in [3.05, 3.63) is 29.8 Å². The maximum Gasteiger partial charge on any atom is 0.367 e. The highest BCUT2D eigenvalue weighted by molar-refractivity contribution is 8.14. The van der Waals surface area contributed by atoms with Crippen LogP contribution in [0.15, 0.2) is 34.3 Å². The van der Waals surface area contributed by atoms with Crippen molar-refractivity contribution in [2.45, 2.75) is 32.6 Å². The van der Waals surface area contributed by atoms with Crippen LogP contribution in [0.5, 0.6) is 0 Å². The van der Waals surface area contributed by atoms with E-state index in [-0.39, 0.29) is 17.6 Å². The smallest absolute Gasteiger partial charge is 0.325 e. The molecule has 1 atom stereocenters. The van der Waals surface area contributed by atoms with E-state index < -0.39 is 6.03 Å². The average Bonchev–Trinajstić information content (AvgIpc) is 2.54. The fourth-order valence-corrected chi connectivity index (χ4v) is 3.77. The Kier molecular flexibility index (Phi) is 4.91. The monoisotopic (exact) mass is 329 g/mol. The number of benzene rings is 1. The largest absolute Gasteiger partial charge is 0.367 e. The molecule has 1 saturated carbocycles. The van der Waals surface area contributed by atoms with Crippen LogP contribution < -0.4 is 5.32 Å². The maximum absolute atomic E-state index is 12.1. The first-order chi connectivity index (χ1) is 11.1. The van der Waals surface area contributed by atoms with Crippen molar-refractivity contribution in [1.82, 2.24) is 0 Å². The molecular formula is C17H19N3O2S. The number of nitrogens with one attached hydrogen (secondary N) is 1. The Hall–Kier alpha value is -1.95. The van der Waals surface area contributed by atoms with Crippen molar-refractivity contribution in [2.24, 2.45) is 15.9 Å². The van der Waals surface area contributed by atoms with Crippen LogP contribution in [0, 0.1) is 12.8 Å². The van der Waals surface area contributed by atoms with Gasteiger partial charge in [0.2, 0.25) is 5.91 Å². The van der Waals surface area contributed by atoms with Gasteiger partial charge in [0.15, 0.2) is 0 Å². The lowest BCUT2D eigenvalue weighted by atomic mass is 9.87. The number of aryl methyl sites for hydroxylation is 1. The summed E-state index contributed by atoms with van der Waals surface area (Å²) in [6, 6.07) is 7.24. The van der Waals surface area contributed by atoms with Crippen molar-refractivity contribution in [3.8, 4) is 0 Å². The molecule has 1 unspecified atom stereocenters. The second-order valence-electron chi connectivity index (χ2n) is 5.84. The first-order valence-electron chi connectivity index (χ1n) is 7.81. The highest BCUT2D eigenvalue weighted by Gasteiger charge is 2.30. The molecule has 0 radical (unpaired) electrons. The second-order valence-corrected chi connectivity index (χ2v) is 6.83. The zero-order chi connectivity index (χ0) is 16.2. The highest BCUT2D eigenvalue weighted by atomic mass is 32.2. The summed E-state index contributed by atoms with van der Waals surface area (Å²) >= 11 is 1.35. The van der Waals surface area contributed by atoms with Gasteiger partial charge >= 0.3 is 6.03 Å². The van der Waals surface area contributed by atoms with Crippen LogP contribution in [0.3, 0.4) is 0 Å². The molecule has 3 amide bonds. The van der Waals surface area contributed by atoms with Crippen molar-refractivity contribution in [1.29, 1.82) is 0 Å². The second kappa shape index (κ2) is 7.08. The van der Waals surface area contributed by atoms with E-state index in [0.717, 1.165) is 47.7 Å². The summed E-state index contributed by atoms with van der Waals surface area (Å²) in [5, 5.41) is 3.61. The van der Waals surface area contributed by atoms with E-state index in [2.05, 4.69) is 15.3 Å². The molecule has 1 aromatic rings. The molecule has 1 aliphatic carbocycles. The van der Waals surface area contributed by atoms with Gasteiger partial charge in [-0.05, 0) is 38.3 Å². The normalized spacial score (nSPS) is 20.4. The number of rotatable bonds is 3. The molecule has 1 heterocycles. The van der Waals surface area contributed by atoms with E-state index in [0.29, 0.717) is 0 Å². The minimum absolute atomic E-state index is 0.0890. The third-order valence-electron chi connectivity index (χ3n) is 4.01. The fraction of sp³-hybridized carbons (Fsp3) is 0.412. The van der Waals surface area contributed by atoms with Gasteiger partial charge in [-0.15, -0.1) is 0 Å². The van der Waals surface area contributed by atoms with Gasteiger partial charge < -0.3 is 5.32 Å². The fourth-order valence-electron chi connectivity index (χ4n) is 2.82. The van der Waals surface area contributed by atoms with Gasteiger partial charge in [0.05, 0.1) is 10.8 Å². The Bertz CT molecular complexity index is 680. The molecular weight excluding hydrogens is 310 g/mol. The van der Waals surface area contributed by atoms with Gasteiger partial charge in [-0.2, -0.15) is 4.99 Å². The minimum atomic E-state index is -0.431. The number of fused-ring (bicyclic) bond motifs is 1. The quantitative estimate of drug-likeness (QED) is 0.916. The van der Waals surface area contributed by atoms with E-state index in [4.69, 9.17) is 0 Å². The summed E-state index contributed by atoms with van der Waals surface area (Å²) in [4.78, 5) is 31.8. The molecule has 0 aromatic heterocycles. The summed E-state index contributed by atoms with van der Waals surface area (Å²) < 4.78 is 0. The number of hydrogen-bond acceptors (Lipinski definition) is 3. The zero-order valence-corrected chi connectivity index (χ0v) is 13.9. The lowest BCUT2D eigenvalue weighted by Crippen LogP contribution is -2.31. The number of thioether (sulfide) groups is 1. The van der Waals surface area contributed by atoms with Crippen LogP contribution in [0.2, 0.25) is 0 Å². The first-order valence-corrected chi connectivity index (χ1v) is 8.80. The number of nitrogens with zero attached hydrogens (tertiary/aromatic N) is 2. The third kappa shape index (κ3) is 4.07. The number of carbonyl (C=O) groups is 2. The molecule has 1 aliphatic heterocycles. The molecule has 3 rings (SSSR count). The number of anilines is 1. The molecule has 23 heavy (non-hydrogen) atoms. The Morgan fingerprint density at radius 2 is 2.04 bits per heavy atom. The van der Waals surface area contributed by atoms with Crippen molar-refractivity contribution < 1.29 is 9.59 Å². The van der Waals surface area contributed by atoms with Gasteiger partial charge in [0.25, 0.3) is 0 Å². The first kappa shape index (κ1) is 15.9. The minimum Gasteiger partial charge on any atom is -0.325 e. The molecule has 0 saturated heterocycles. The van der Waals surface area contributed by atoms with Crippen LogP contribution in [-0.2, 0) is 4.79 Å². The summed E-state index contributed by atoms with van der Waals surface area (Å²) in [6.45, 7) is 2.00. The molecule has 6 heteroatoms. The molecule has 1 N–H and O–H groups in total. The van der Waals surface area contributed by atoms with Crippen molar-refractivity contribution >= 4 is 40.1 Å². The number of aliphatic imine (C=N–C) groups is 2. The van der Waals surface area contributed by atoms with Crippen molar-refractivity contribution in [2.75, 3.05) is 11.1 Å². The molecule has 1 fully saturated rings. The van der Waals surface area contributed by atoms with Gasteiger partial charge in [-0.1, -0.05) is 35.9 Å². The van der Waals surface area contributed by atoms with Crippen LogP contribution >= 0.6 is 11.8 Å². The van der Waals surface area contributed by atoms with Crippen molar-refractivity contribution in [3.63, 3.8) is 0 Å². The SMILES string of the molecule is Cc1ccc(NC(=O)CSC2=NC(=O)N=C3CCCCC32)cc1. The summed E-state index contributed by atoms with van der Waals surface area (Å²) in [7, 11) is 0. The van der Waals surface area contributed by atoms with E-state index in [1.165, 1.54) is 11.8 Å². The van der Waals surface area contributed by atoms with E-state index in [1.807, 2.05) is 31.2 Å². The Morgan fingerprint density at radius 3 is 2.83 bits per heavy atom. The van der Waals surface area contributed by atoms with E-state index >= 15 is 0 Å². The molecule has 0 spiro atoms. The highest BCUT2D eigenvalue weighted by Crippen LogP contribution is 2.30. The lowest BCUT2D eigenvalue weighted by molar-refractivity contribution is -0.113. The lowest BCUT2D eigenvalue weighted by Gasteiger charge is -2.26. The molecule has 1 aromatic carbocycles. The topological polar surface area (TPSA) is 70.9 Å². The van der Waals surface area contributed by atoms with E-state index in [1.54, 1.807) is 0 Å². The molecule has 0 bridgehead atoms. The van der Waals surface area contributed by atoms with Crippen LogP contribution in [0.4, 0.5) is 10.5 Å². The standard InChI is InChI=1S/C17H19N3O2S/c1-11-6-8-12(9-7-11)18-15(21)10-23-16-13-4-2-3-5-14(13)19-17(22)20-16/h6-9,13H,2-5,10H2,1H3,(H,18,21). The van der Waals surface area contributed by atoms with Gasteiger partial charge in [0, 0.05) is 17.3 Å². The van der Waals surface area contributed by atoms with Crippen LogP contribution in [-0.4, -0.2) is 28.4 Å². The van der Waals surface area contributed by atoms with Gasteiger partial charge in [0.1, 0.15) is 0 Å². The van der Waals surface area contributed by atoms with Gasteiger partial charge in [-0.3, -0.25) is 4.79 Å². The predicted octanol–water partition coefficient (Wildman–Crippen LogP) is 3.83. The van der Waals surface area contributed by atoms with Crippen LogP contribution in [0.25, 0.3) is 0 Å². The third-order valence-corrected chi connectivity index (χ3v) is 5.09. The number of urea groups is 1. The number of hydrogen-bond donors (Lipinski definition) is 1. The summed E-state index contributed by atoms with van der Waals surface area (Å²) in [5.74, 6) is 0.302. The van der Waals surface area contributed by atoms with E-state index in [9.17, 15) is 9.59 Å². The number of carbonyl (C=O) groups excluding carboxylic acids is 2. The molecule has 120 valence electrons. The molecule has 5 nitrogen and oxygen atoms in total. The molecule has 2 aliphatic rings. The maximum atomic E-state index is 12.1. The van der Waals surface area contributed by atoms with Gasteiger partial charge in [-0.25, -0.2) is 9.79 Å². The number of amides is 3. The Labute approximate surface area is 139 Å². The zero-order valence-electron chi connectivity index (χ0n) is 13.0.